The van der Waals surface area contributed by atoms with Gasteiger partial charge in [-0.15, -0.1) is 0 Å². The van der Waals surface area contributed by atoms with Crippen molar-refractivity contribution >= 4 is 35.3 Å². The number of esters is 1. The van der Waals surface area contributed by atoms with Gasteiger partial charge in [-0.05, 0) is 78.1 Å². The molecule has 5 fully saturated rings. The number of aromatic nitrogens is 4. The van der Waals surface area contributed by atoms with Gasteiger partial charge in [-0.3, -0.25) is 19.2 Å². The molecule has 13 heteroatoms. The van der Waals surface area contributed by atoms with Crippen LogP contribution in [0.3, 0.4) is 0 Å². The van der Waals surface area contributed by atoms with Crippen LogP contribution in [-0.4, -0.2) is 97.4 Å². The lowest BCUT2D eigenvalue weighted by Gasteiger charge is -2.52. The van der Waals surface area contributed by atoms with Crippen molar-refractivity contribution in [3.05, 3.63) is 23.7 Å². The topological polar surface area (TPSA) is 155 Å². The molecule has 45 heavy (non-hydrogen) atoms. The summed E-state index contributed by atoms with van der Waals surface area (Å²) in [5.74, 6) is 0.000972. The quantitative estimate of drug-likeness (QED) is 0.351. The Morgan fingerprint density at radius 2 is 1.62 bits per heavy atom. The Hall–Kier alpha value is -3.74. The van der Waals surface area contributed by atoms with Crippen LogP contribution in [0.4, 0.5) is 17.5 Å². The lowest BCUT2D eigenvalue weighted by atomic mass is 9.53. The maximum Gasteiger partial charge on any atom is 0.343 e. The number of aryl methyl sites for hydroxylation is 2. The number of carbonyl (C=O) groups is 3. The van der Waals surface area contributed by atoms with Crippen molar-refractivity contribution in [3.8, 4) is 0 Å². The Morgan fingerprint density at radius 3 is 2.20 bits per heavy atom. The first kappa shape index (κ1) is 31.3. The molecule has 2 aromatic heterocycles. The van der Waals surface area contributed by atoms with E-state index in [1.54, 1.807) is 24.7 Å². The van der Waals surface area contributed by atoms with Crippen LogP contribution in [-0.2, 0) is 21.4 Å². The third-order valence-electron chi connectivity index (χ3n) is 10.8. The molecule has 0 unspecified atom stereocenters. The van der Waals surface area contributed by atoms with E-state index >= 15 is 0 Å². The van der Waals surface area contributed by atoms with Crippen LogP contribution < -0.4 is 10.6 Å². The van der Waals surface area contributed by atoms with Gasteiger partial charge in [0.25, 0.3) is 0 Å². The van der Waals surface area contributed by atoms with Crippen molar-refractivity contribution in [2.75, 3.05) is 43.4 Å². The van der Waals surface area contributed by atoms with Gasteiger partial charge in [-0.25, -0.2) is 9.78 Å². The maximum atomic E-state index is 13.7. The van der Waals surface area contributed by atoms with E-state index in [9.17, 15) is 19.5 Å². The highest BCUT2D eigenvalue weighted by Crippen LogP contribution is 2.57. The van der Waals surface area contributed by atoms with Crippen LogP contribution in [0.2, 0.25) is 0 Å². The molecule has 5 aliphatic rings. The first-order valence-electron chi connectivity index (χ1n) is 16.5. The van der Waals surface area contributed by atoms with Crippen molar-refractivity contribution in [3.63, 3.8) is 0 Å². The number of rotatable bonds is 9. The van der Waals surface area contributed by atoms with Crippen molar-refractivity contribution in [1.82, 2.24) is 29.5 Å². The molecule has 2 aromatic rings. The zero-order chi connectivity index (χ0) is 31.8. The van der Waals surface area contributed by atoms with E-state index in [4.69, 9.17) is 4.74 Å². The van der Waals surface area contributed by atoms with E-state index in [1.165, 1.54) is 0 Å². The second-order valence-corrected chi connectivity index (χ2v) is 13.4. The van der Waals surface area contributed by atoms with Crippen molar-refractivity contribution in [2.24, 2.45) is 17.9 Å². The number of amides is 1. The van der Waals surface area contributed by atoms with E-state index in [0.29, 0.717) is 67.6 Å². The minimum Gasteiger partial charge on any atom is -0.481 e. The Bertz CT molecular complexity index is 1400. The number of anilines is 3. The van der Waals surface area contributed by atoms with Gasteiger partial charge in [0.1, 0.15) is 11.4 Å². The fraction of sp³-hybridized carbons (Fsp3) is 0.688. The van der Waals surface area contributed by atoms with E-state index < -0.39 is 17.4 Å². The highest BCUT2D eigenvalue weighted by Gasteiger charge is 2.56. The first-order chi connectivity index (χ1) is 21.6. The number of aliphatic carboxylic acids is 1. The zero-order valence-electron chi connectivity index (χ0n) is 26.7. The third-order valence-corrected chi connectivity index (χ3v) is 10.8. The predicted molar refractivity (Wildman–Crippen MR) is 167 cm³/mol. The van der Waals surface area contributed by atoms with Gasteiger partial charge in [0.2, 0.25) is 11.9 Å². The Labute approximate surface area is 264 Å². The molecule has 7 rings (SSSR count). The van der Waals surface area contributed by atoms with Crippen LogP contribution >= 0.6 is 0 Å². The summed E-state index contributed by atoms with van der Waals surface area (Å²) in [7, 11) is 1.84. The van der Waals surface area contributed by atoms with Crippen molar-refractivity contribution in [2.45, 2.75) is 90.1 Å². The summed E-state index contributed by atoms with van der Waals surface area (Å²) in [4.78, 5) is 52.2. The molecule has 2 bridgehead atoms. The van der Waals surface area contributed by atoms with Gasteiger partial charge in [-0.2, -0.15) is 10.1 Å². The minimum atomic E-state index is -0.684. The lowest BCUT2D eigenvalue weighted by molar-refractivity contribution is -0.168. The number of hydrogen-bond donors (Lipinski definition) is 3. The molecule has 1 amide bonds. The molecule has 13 nitrogen and oxygen atoms in total. The molecule has 3 heterocycles. The average Bonchev–Trinajstić information content (AvgIpc) is 3.46. The summed E-state index contributed by atoms with van der Waals surface area (Å²) in [6.07, 6.45) is 11.5. The number of fused-ring (bicyclic) bond motifs is 3. The van der Waals surface area contributed by atoms with Crippen LogP contribution in [0.25, 0.3) is 0 Å². The van der Waals surface area contributed by atoms with E-state index in [1.807, 2.05) is 18.1 Å². The van der Waals surface area contributed by atoms with Crippen LogP contribution in [0.5, 0.6) is 0 Å². The fourth-order valence-corrected chi connectivity index (χ4v) is 8.03. The van der Waals surface area contributed by atoms with Gasteiger partial charge in [0.05, 0.1) is 29.6 Å². The normalized spacial score (nSPS) is 28.5. The summed E-state index contributed by atoms with van der Waals surface area (Å²) >= 11 is 0. The molecular formula is C32H46N8O5. The summed E-state index contributed by atoms with van der Waals surface area (Å²) in [6.45, 7) is 7.05. The molecule has 1 saturated heterocycles. The molecule has 0 aromatic carbocycles. The molecule has 0 spiro atoms. The average molecular weight is 623 g/mol. The van der Waals surface area contributed by atoms with Gasteiger partial charge in [-0.1, -0.05) is 0 Å². The first-order valence-corrected chi connectivity index (χ1v) is 16.5. The number of piperazine rings is 1. The number of hydrogen-bond acceptors (Lipinski definition) is 10. The molecule has 244 valence electrons. The van der Waals surface area contributed by atoms with Crippen LogP contribution in [0.15, 0.2) is 12.4 Å². The van der Waals surface area contributed by atoms with Gasteiger partial charge in [0.15, 0.2) is 0 Å². The highest BCUT2D eigenvalue weighted by molar-refractivity contribution is 5.96. The number of carbonyl (C=O) groups excluding carboxylic acids is 2. The van der Waals surface area contributed by atoms with Crippen molar-refractivity contribution < 1.29 is 24.2 Å². The molecule has 1 aliphatic heterocycles. The number of ether oxygens (including phenoxy) is 1. The van der Waals surface area contributed by atoms with Crippen LogP contribution in [0.1, 0.15) is 87.2 Å². The molecule has 0 radical (unpaired) electrons. The summed E-state index contributed by atoms with van der Waals surface area (Å²) in [5.41, 5.74) is 0.714. The molecule has 4 saturated carbocycles. The largest absolute Gasteiger partial charge is 0.481 e. The highest BCUT2D eigenvalue weighted by atomic mass is 16.5. The zero-order valence-corrected chi connectivity index (χ0v) is 26.7. The van der Waals surface area contributed by atoms with Gasteiger partial charge < -0.3 is 25.4 Å². The van der Waals surface area contributed by atoms with E-state index in [-0.39, 0.29) is 24.0 Å². The number of nitrogens with one attached hydrogen (secondary N) is 2. The van der Waals surface area contributed by atoms with Crippen LogP contribution in [0, 0.1) is 17.8 Å². The third kappa shape index (κ3) is 6.23. The lowest BCUT2D eigenvalue weighted by Crippen LogP contribution is -2.58. The Kier molecular flexibility index (Phi) is 8.73. The van der Waals surface area contributed by atoms with E-state index in [2.05, 4.69) is 30.6 Å². The standard InChI is InChI=1S/C32H46N8O5/c1-4-45-27(41)25-21(2)34-30(36-23-19-33-38(3)20-23)37-26(25)35-22-5-7-24(8-6-22)39-15-17-40(18-16-39)28(42)31-9-12-32(13-10-31,14-11-31)29(43)44/h19-20,22,24H,4-18H2,1-3H3,(H,43,44)(H2,34,35,36,37). The van der Waals surface area contributed by atoms with Gasteiger partial charge in [0, 0.05) is 56.9 Å². The second-order valence-electron chi connectivity index (χ2n) is 13.4. The summed E-state index contributed by atoms with van der Waals surface area (Å²) in [6, 6.07) is 0.617. The molecule has 4 aliphatic carbocycles. The monoisotopic (exact) mass is 622 g/mol. The summed E-state index contributed by atoms with van der Waals surface area (Å²) in [5, 5.41) is 20.6. The fourth-order valence-electron chi connectivity index (χ4n) is 8.03. The minimum absolute atomic E-state index is 0.160. The SMILES string of the molecule is CCOC(=O)c1c(C)nc(Nc2cnn(C)c2)nc1NC1CCC(N2CCN(C(=O)C34CCC(C(=O)O)(CC3)CC4)CC2)CC1. The number of carboxylic acids is 1. The molecular weight excluding hydrogens is 576 g/mol. The number of nitrogens with zero attached hydrogens (tertiary/aromatic N) is 6. The van der Waals surface area contributed by atoms with Crippen molar-refractivity contribution in [1.29, 1.82) is 0 Å². The predicted octanol–water partition coefficient (Wildman–Crippen LogP) is 3.73. The Balaban J connectivity index is 1.03. The molecule has 0 atom stereocenters. The second kappa shape index (κ2) is 12.6. The van der Waals surface area contributed by atoms with Gasteiger partial charge >= 0.3 is 11.9 Å². The molecule has 3 N–H and O–H groups in total. The summed E-state index contributed by atoms with van der Waals surface area (Å²) < 4.78 is 7.03. The smallest absolute Gasteiger partial charge is 0.343 e. The van der Waals surface area contributed by atoms with E-state index in [0.717, 1.165) is 57.5 Å². The maximum absolute atomic E-state index is 13.7. The Morgan fingerprint density at radius 1 is 0.978 bits per heavy atom. The number of carboxylic acid groups (broad SMARTS) is 1.